The Kier molecular flexibility index (Phi) is 8.16. The Balaban J connectivity index is 2.43. The first-order chi connectivity index (χ1) is 10.9. The lowest BCUT2D eigenvalue weighted by Gasteiger charge is -2.20. The van der Waals surface area contributed by atoms with Crippen LogP contribution in [0.2, 0.25) is 0 Å². The molecule has 0 fully saturated rings. The fraction of sp³-hybridized carbons (Fsp3) is 0.556. The number of nitrogens with one attached hydrogen (secondary N) is 1. The number of amides is 2. The maximum atomic E-state index is 12.0. The van der Waals surface area contributed by atoms with Gasteiger partial charge in [-0.15, -0.1) is 0 Å². The highest BCUT2D eigenvalue weighted by molar-refractivity contribution is 5.91. The van der Waals surface area contributed by atoms with Crippen LogP contribution in [0.5, 0.6) is 0 Å². The molecule has 23 heavy (non-hydrogen) atoms. The van der Waals surface area contributed by atoms with Crippen molar-refractivity contribution in [3.8, 4) is 0 Å². The van der Waals surface area contributed by atoms with E-state index in [-0.39, 0.29) is 11.8 Å². The average Bonchev–Trinajstić information content (AvgIpc) is 2.50. The number of carbonyl (C=O) groups excluding carboxylic acids is 2. The predicted molar refractivity (Wildman–Crippen MR) is 95.8 cm³/mol. The summed E-state index contributed by atoms with van der Waals surface area (Å²) in [4.78, 5) is 27.4. The molecule has 0 aromatic heterocycles. The van der Waals surface area contributed by atoms with E-state index in [1.165, 1.54) is 0 Å². The Morgan fingerprint density at radius 3 is 2.22 bits per heavy atom. The van der Waals surface area contributed by atoms with Crippen LogP contribution in [0.1, 0.15) is 39.5 Å². The van der Waals surface area contributed by atoms with Crippen LogP contribution in [0, 0.1) is 0 Å². The zero-order valence-electron chi connectivity index (χ0n) is 14.8. The van der Waals surface area contributed by atoms with E-state index in [1.807, 2.05) is 43.3 Å². The third-order valence-corrected chi connectivity index (χ3v) is 3.75. The normalized spacial score (nSPS) is 10.3. The minimum atomic E-state index is -0.0654. The monoisotopic (exact) mass is 319 g/mol. The van der Waals surface area contributed by atoms with Crippen molar-refractivity contribution in [3.05, 3.63) is 24.3 Å². The lowest BCUT2D eigenvalue weighted by atomic mass is 10.2. The molecule has 1 rings (SSSR count). The van der Waals surface area contributed by atoms with Crippen LogP contribution < -0.4 is 10.2 Å². The molecule has 0 saturated carbocycles. The quantitative estimate of drug-likeness (QED) is 0.712. The second-order valence-corrected chi connectivity index (χ2v) is 5.95. The molecule has 0 aliphatic heterocycles. The molecule has 0 aliphatic carbocycles. The summed E-state index contributed by atoms with van der Waals surface area (Å²) in [6.07, 6.45) is 3.54. The van der Waals surface area contributed by atoms with Crippen molar-refractivity contribution in [1.82, 2.24) is 4.90 Å². The van der Waals surface area contributed by atoms with Gasteiger partial charge in [0, 0.05) is 51.9 Å². The first-order valence-corrected chi connectivity index (χ1v) is 8.26. The molecule has 0 saturated heterocycles. The van der Waals surface area contributed by atoms with Gasteiger partial charge in [-0.2, -0.15) is 0 Å². The van der Waals surface area contributed by atoms with Crippen molar-refractivity contribution in [2.75, 3.05) is 37.4 Å². The maximum absolute atomic E-state index is 12.0. The van der Waals surface area contributed by atoms with E-state index in [4.69, 9.17) is 0 Å². The van der Waals surface area contributed by atoms with E-state index < -0.39 is 0 Å². The number of hydrogen-bond acceptors (Lipinski definition) is 3. The molecule has 0 aliphatic rings. The van der Waals surface area contributed by atoms with Gasteiger partial charge in [-0.05, 0) is 30.7 Å². The minimum absolute atomic E-state index is 0.0317. The van der Waals surface area contributed by atoms with Crippen LogP contribution in [-0.2, 0) is 9.59 Å². The molecular formula is C18H29N3O2. The van der Waals surface area contributed by atoms with E-state index in [9.17, 15) is 9.59 Å². The van der Waals surface area contributed by atoms with Gasteiger partial charge in [0.15, 0.2) is 0 Å². The Hall–Kier alpha value is -2.04. The molecule has 0 spiro atoms. The smallest absolute Gasteiger partial charge is 0.226 e. The number of hydrogen-bond donors (Lipinski definition) is 1. The molecule has 0 radical (unpaired) electrons. The maximum Gasteiger partial charge on any atom is 0.226 e. The average molecular weight is 319 g/mol. The Bertz CT molecular complexity index is 497. The van der Waals surface area contributed by atoms with Crippen molar-refractivity contribution in [2.45, 2.75) is 39.5 Å². The molecule has 2 amide bonds. The summed E-state index contributed by atoms with van der Waals surface area (Å²) in [5, 5.41) is 2.87. The zero-order chi connectivity index (χ0) is 17.2. The highest BCUT2D eigenvalue weighted by Crippen LogP contribution is 2.15. The molecule has 1 N–H and O–H groups in total. The molecule has 5 heteroatoms. The summed E-state index contributed by atoms with van der Waals surface area (Å²) in [5.74, 6) is -0.0337. The molecular weight excluding hydrogens is 290 g/mol. The Morgan fingerprint density at radius 2 is 1.70 bits per heavy atom. The van der Waals surface area contributed by atoms with Crippen molar-refractivity contribution >= 4 is 23.2 Å². The molecule has 128 valence electrons. The van der Waals surface area contributed by atoms with Gasteiger partial charge >= 0.3 is 0 Å². The number of nitrogens with zero attached hydrogens (tertiary/aromatic N) is 2. The molecule has 0 unspecified atom stereocenters. The third kappa shape index (κ3) is 7.17. The number of rotatable bonds is 9. The Morgan fingerprint density at radius 1 is 1.04 bits per heavy atom. The lowest BCUT2D eigenvalue weighted by molar-refractivity contribution is -0.129. The second kappa shape index (κ2) is 9.87. The van der Waals surface area contributed by atoms with E-state index in [0.29, 0.717) is 13.0 Å². The summed E-state index contributed by atoms with van der Waals surface area (Å²) in [5.41, 5.74) is 1.86. The zero-order valence-corrected chi connectivity index (χ0v) is 14.8. The van der Waals surface area contributed by atoms with Crippen LogP contribution in [0.15, 0.2) is 24.3 Å². The largest absolute Gasteiger partial charge is 0.378 e. The van der Waals surface area contributed by atoms with Crippen molar-refractivity contribution in [1.29, 1.82) is 0 Å². The molecule has 0 atom stereocenters. The van der Waals surface area contributed by atoms with Crippen LogP contribution in [0.4, 0.5) is 11.4 Å². The number of unbranched alkanes of at least 4 members (excludes halogenated alkanes) is 2. The highest BCUT2D eigenvalue weighted by atomic mass is 16.2. The second-order valence-electron chi connectivity index (χ2n) is 5.95. The van der Waals surface area contributed by atoms with Crippen LogP contribution in [0.25, 0.3) is 0 Å². The molecule has 1 aromatic rings. The number of carbonyl (C=O) groups is 2. The summed E-state index contributed by atoms with van der Waals surface area (Å²) in [6, 6.07) is 7.69. The van der Waals surface area contributed by atoms with E-state index >= 15 is 0 Å². The summed E-state index contributed by atoms with van der Waals surface area (Å²) in [7, 11) is 3.95. The number of benzene rings is 1. The predicted octanol–water partition coefficient (Wildman–Crippen LogP) is 3.12. The minimum Gasteiger partial charge on any atom is -0.378 e. The van der Waals surface area contributed by atoms with E-state index in [0.717, 1.165) is 37.2 Å². The number of anilines is 2. The fourth-order valence-corrected chi connectivity index (χ4v) is 2.28. The standard InChI is InChI=1S/C18H29N3O2/c1-5-6-7-13-21(15(2)22)14-12-18(23)19-16-8-10-17(11-9-16)20(3)4/h8-11H,5-7,12-14H2,1-4H3,(H,19,23). The molecule has 0 heterocycles. The van der Waals surface area contributed by atoms with Gasteiger partial charge in [0.25, 0.3) is 0 Å². The van der Waals surface area contributed by atoms with Crippen LogP contribution in [0.3, 0.4) is 0 Å². The SMILES string of the molecule is CCCCCN(CCC(=O)Nc1ccc(N(C)C)cc1)C(C)=O. The Labute approximate surface area is 139 Å². The fourth-order valence-electron chi connectivity index (χ4n) is 2.28. The topological polar surface area (TPSA) is 52.7 Å². The highest BCUT2D eigenvalue weighted by Gasteiger charge is 2.11. The van der Waals surface area contributed by atoms with Gasteiger partial charge in [-0.3, -0.25) is 9.59 Å². The first-order valence-electron chi connectivity index (χ1n) is 8.26. The van der Waals surface area contributed by atoms with Crippen molar-refractivity contribution < 1.29 is 9.59 Å². The third-order valence-electron chi connectivity index (χ3n) is 3.75. The molecule has 5 nitrogen and oxygen atoms in total. The van der Waals surface area contributed by atoms with Gasteiger partial charge in [0.05, 0.1) is 0 Å². The van der Waals surface area contributed by atoms with Crippen LogP contribution >= 0.6 is 0 Å². The van der Waals surface area contributed by atoms with Crippen molar-refractivity contribution in [3.63, 3.8) is 0 Å². The van der Waals surface area contributed by atoms with Crippen molar-refractivity contribution in [2.24, 2.45) is 0 Å². The van der Waals surface area contributed by atoms with Gasteiger partial charge in [0.1, 0.15) is 0 Å². The molecule has 1 aromatic carbocycles. The lowest BCUT2D eigenvalue weighted by Crippen LogP contribution is -2.32. The summed E-state index contributed by atoms with van der Waals surface area (Å²) < 4.78 is 0. The van der Waals surface area contributed by atoms with Gasteiger partial charge in [0.2, 0.25) is 11.8 Å². The van der Waals surface area contributed by atoms with Gasteiger partial charge < -0.3 is 15.1 Å². The van der Waals surface area contributed by atoms with Gasteiger partial charge in [-0.1, -0.05) is 19.8 Å². The molecule has 0 bridgehead atoms. The summed E-state index contributed by atoms with van der Waals surface area (Å²) in [6.45, 7) is 4.89. The van der Waals surface area contributed by atoms with Gasteiger partial charge in [-0.25, -0.2) is 0 Å². The first kappa shape index (κ1) is 19.0. The van der Waals surface area contributed by atoms with E-state index in [1.54, 1.807) is 11.8 Å². The van der Waals surface area contributed by atoms with E-state index in [2.05, 4.69) is 12.2 Å². The summed E-state index contributed by atoms with van der Waals surface area (Å²) >= 11 is 0. The van der Waals surface area contributed by atoms with Crippen LogP contribution in [-0.4, -0.2) is 43.9 Å².